The lowest BCUT2D eigenvalue weighted by atomic mass is 10.0. The molecule has 0 saturated heterocycles. The van der Waals surface area contributed by atoms with Crippen molar-refractivity contribution in [3.05, 3.63) is 12.2 Å². The molecule has 0 saturated carbocycles. The van der Waals surface area contributed by atoms with Crippen LogP contribution >= 0.6 is 0 Å². The van der Waals surface area contributed by atoms with Crippen molar-refractivity contribution >= 4 is 17.9 Å². The quantitative estimate of drug-likeness (QED) is 0.0498. The van der Waals surface area contributed by atoms with Gasteiger partial charge >= 0.3 is 17.9 Å². The van der Waals surface area contributed by atoms with Gasteiger partial charge in [-0.15, -0.1) is 0 Å². The fourth-order valence-corrected chi connectivity index (χ4v) is 5.26. The first kappa shape index (κ1) is 38.1. The number of carboxylic acid groups (broad SMARTS) is 3. The zero-order valence-corrected chi connectivity index (χ0v) is 26.2. The maximum atomic E-state index is 11.5. The minimum Gasteiger partial charge on any atom is -0.481 e. The maximum Gasteiger partial charge on any atom is 0.306 e. The van der Waals surface area contributed by atoms with Gasteiger partial charge in [-0.05, 0) is 32.6 Å². The number of aliphatic carboxylic acids is 3. The molecule has 7 heteroatoms. The van der Waals surface area contributed by atoms with Crippen molar-refractivity contribution in [2.24, 2.45) is 17.8 Å². The summed E-state index contributed by atoms with van der Waals surface area (Å²) in [5.74, 6) is -3.90. The molecular formula is C33H62NO6+. The third-order valence-corrected chi connectivity index (χ3v) is 8.61. The molecule has 0 amide bonds. The second kappa shape index (κ2) is 23.8. The summed E-state index contributed by atoms with van der Waals surface area (Å²) in [7, 11) is 0. The molecule has 0 aromatic rings. The zero-order valence-electron chi connectivity index (χ0n) is 26.2. The van der Waals surface area contributed by atoms with Crippen molar-refractivity contribution in [3.8, 4) is 0 Å². The van der Waals surface area contributed by atoms with E-state index in [9.17, 15) is 29.7 Å². The van der Waals surface area contributed by atoms with Crippen LogP contribution in [0.4, 0.5) is 0 Å². The van der Waals surface area contributed by atoms with E-state index in [2.05, 4.69) is 19.1 Å². The van der Waals surface area contributed by atoms with Gasteiger partial charge in [-0.2, -0.15) is 0 Å². The molecule has 234 valence electrons. The highest BCUT2D eigenvalue weighted by molar-refractivity contribution is 5.70. The molecule has 0 spiro atoms. The molecule has 7 nitrogen and oxygen atoms in total. The van der Waals surface area contributed by atoms with Crippen LogP contribution in [-0.2, 0) is 14.4 Å². The number of unbranched alkanes of at least 4 members (excludes halogenated alkanes) is 13. The summed E-state index contributed by atoms with van der Waals surface area (Å²) in [6.45, 7) is 9.99. The number of quaternary nitrogens is 1. The summed E-state index contributed by atoms with van der Waals surface area (Å²) in [6.07, 6.45) is 23.6. The van der Waals surface area contributed by atoms with E-state index in [1.807, 2.05) is 0 Å². The van der Waals surface area contributed by atoms with Gasteiger partial charge in [0.2, 0.25) is 0 Å². The van der Waals surface area contributed by atoms with Crippen molar-refractivity contribution < 1.29 is 34.2 Å². The Morgan fingerprint density at radius 3 is 1.12 bits per heavy atom. The smallest absolute Gasteiger partial charge is 0.306 e. The number of nitrogens with zero attached hydrogens (tertiary/aromatic N) is 1. The van der Waals surface area contributed by atoms with Crippen LogP contribution in [0.1, 0.15) is 137 Å². The molecule has 0 fully saturated rings. The lowest BCUT2D eigenvalue weighted by Gasteiger charge is -2.40. The molecule has 0 aliphatic heterocycles. The molecule has 0 aromatic carbocycles. The van der Waals surface area contributed by atoms with E-state index in [1.54, 1.807) is 20.8 Å². The number of carboxylic acids is 3. The van der Waals surface area contributed by atoms with Gasteiger partial charge in [-0.25, -0.2) is 0 Å². The van der Waals surface area contributed by atoms with E-state index < -0.39 is 35.7 Å². The van der Waals surface area contributed by atoms with Crippen molar-refractivity contribution in [1.29, 1.82) is 0 Å². The largest absolute Gasteiger partial charge is 0.481 e. The summed E-state index contributed by atoms with van der Waals surface area (Å²) in [5.41, 5.74) is 0. The third kappa shape index (κ3) is 20.1. The minimum atomic E-state index is -0.823. The third-order valence-electron chi connectivity index (χ3n) is 8.61. The Balaban J connectivity index is 4.61. The molecule has 40 heavy (non-hydrogen) atoms. The lowest BCUT2D eigenvalue weighted by molar-refractivity contribution is -0.929. The molecule has 0 heterocycles. The standard InChI is InChI=1S/C33H61NO6/c1-5-6-7-8-9-10-11-12-13-14-15-16-17-18-19-20-24-34(25-21-28(2)31(35)36,26-22-29(3)32(37)38)27-23-30(4)33(39)40/h5-6,28-30H,7-27H2,1-4H3,(H2-,35,36,37,38,39,40)/p+1/b6-5+. The second-order valence-electron chi connectivity index (χ2n) is 12.3. The summed E-state index contributed by atoms with van der Waals surface area (Å²) in [6, 6.07) is 0. The Morgan fingerprint density at radius 1 is 0.525 bits per heavy atom. The van der Waals surface area contributed by atoms with Crippen LogP contribution < -0.4 is 0 Å². The minimum absolute atomic E-state index is 0.477. The number of allylic oxidation sites excluding steroid dienone is 2. The molecule has 0 bridgehead atoms. The summed E-state index contributed by atoms with van der Waals surface area (Å²) >= 11 is 0. The molecule has 0 aliphatic rings. The number of hydrogen-bond donors (Lipinski definition) is 3. The average Bonchev–Trinajstić information content (AvgIpc) is 2.92. The van der Waals surface area contributed by atoms with Crippen LogP contribution in [0.15, 0.2) is 12.2 Å². The van der Waals surface area contributed by atoms with E-state index in [-0.39, 0.29) is 0 Å². The van der Waals surface area contributed by atoms with Gasteiger partial charge in [0.15, 0.2) is 0 Å². The molecule has 0 aromatic heterocycles. The molecule has 3 atom stereocenters. The van der Waals surface area contributed by atoms with Crippen LogP contribution in [0.3, 0.4) is 0 Å². The van der Waals surface area contributed by atoms with E-state index in [1.165, 1.54) is 77.0 Å². The topological polar surface area (TPSA) is 112 Å². The van der Waals surface area contributed by atoms with Gasteiger partial charge in [-0.3, -0.25) is 14.4 Å². The van der Waals surface area contributed by atoms with Crippen molar-refractivity contribution in [2.75, 3.05) is 26.2 Å². The van der Waals surface area contributed by atoms with Crippen LogP contribution in [0.2, 0.25) is 0 Å². The molecule has 0 rings (SSSR count). The SMILES string of the molecule is C/C=C/CCCCCCCCCCCCCCC[N+](CCC(C)C(=O)O)(CCC(C)C(=O)O)CCC(C)C(=O)O. The van der Waals surface area contributed by atoms with Crippen LogP contribution in [0.5, 0.6) is 0 Å². The second-order valence-corrected chi connectivity index (χ2v) is 12.3. The van der Waals surface area contributed by atoms with Gasteiger partial charge in [0.25, 0.3) is 0 Å². The molecule has 0 radical (unpaired) electrons. The summed E-state index contributed by atoms with van der Waals surface area (Å²) in [5, 5.41) is 28.3. The average molecular weight is 569 g/mol. The Morgan fingerprint density at radius 2 is 0.825 bits per heavy atom. The summed E-state index contributed by atoms with van der Waals surface area (Å²) in [4.78, 5) is 34.4. The molecular weight excluding hydrogens is 506 g/mol. The van der Waals surface area contributed by atoms with Gasteiger partial charge in [0.1, 0.15) is 0 Å². The normalized spacial score (nSPS) is 15.5. The van der Waals surface area contributed by atoms with Gasteiger partial charge < -0.3 is 19.8 Å². The Hall–Kier alpha value is -1.89. The van der Waals surface area contributed by atoms with Crippen molar-refractivity contribution in [2.45, 2.75) is 137 Å². The molecule has 3 N–H and O–H groups in total. The lowest BCUT2D eigenvalue weighted by Crippen LogP contribution is -2.52. The van der Waals surface area contributed by atoms with Crippen molar-refractivity contribution in [3.63, 3.8) is 0 Å². The van der Waals surface area contributed by atoms with Crippen LogP contribution in [0.25, 0.3) is 0 Å². The first-order valence-corrected chi connectivity index (χ1v) is 16.2. The first-order chi connectivity index (χ1) is 19.0. The first-order valence-electron chi connectivity index (χ1n) is 16.2. The number of carbonyl (C=O) groups is 3. The van der Waals surface area contributed by atoms with Gasteiger partial charge in [-0.1, -0.05) is 97.1 Å². The Kier molecular flexibility index (Phi) is 22.7. The highest BCUT2D eigenvalue weighted by Crippen LogP contribution is 2.22. The van der Waals surface area contributed by atoms with E-state index in [4.69, 9.17) is 0 Å². The predicted molar refractivity (Wildman–Crippen MR) is 163 cm³/mol. The summed E-state index contributed by atoms with van der Waals surface area (Å²) < 4.78 is 0.613. The maximum absolute atomic E-state index is 11.5. The monoisotopic (exact) mass is 568 g/mol. The predicted octanol–water partition coefficient (Wildman–Crippen LogP) is 8.17. The van der Waals surface area contributed by atoms with E-state index in [0.29, 0.717) is 43.4 Å². The fraction of sp³-hybridized carbons (Fsp3) is 0.848. The Labute approximate surface area is 245 Å². The van der Waals surface area contributed by atoms with E-state index in [0.717, 1.165) is 19.4 Å². The number of hydrogen-bond acceptors (Lipinski definition) is 3. The van der Waals surface area contributed by atoms with Crippen molar-refractivity contribution in [1.82, 2.24) is 0 Å². The van der Waals surface area contributed by atoms with E-state index >= 15 is 0 Å². The fourth-order valence-electron chi connectivity index (χ4n) is 5.26. The highest BCUT2D eigenvalue weighted by atomic mass is 16.4. The highest BCUT2D eigenvalue weighted by Gasteiger charge is 2.31. The van der Waals surface area contributed by atoms with Crippen LogP contribution in [0, 0.1) is 17.8 Å². The van der Waals surface area contributed by atoms with Crippen LogP contribution in [-0.4, -0.2) is 63.9 Å². The van der Waals surface area contributed by atoms with Gasteiger partial charge in [0, 0.05) is 19.3 Å². The number of rotatable bonds is 28. The zero-order chi connectivity index (χ0) is 30.2. The Bertz CT molecular complexity index is 647. The molecule has 0 aliphatic carbocycles. The molecule has 3 unspecified atom stereocenters. The van der Waals surface area contributed by atoms with Gasteiger partial charge in [0.05, 0.1) is 43.9 Å².